The minimum Gasteiger partial charge on any atom is -0.483 e. The third-order valence-electron chi connectivity index (χ3n) is 3.49. The van der Waals surface area contributed by atoms with E-state index in [-0.39, 0.29) is 5.60 Å². The van der Waals surface area contributed by atoms with Gasteiger partial charge in [0, 0.05) is 44.5 Å². The van der Waals surface area contributed by atoms with E-state index >= 15 is 0 Å². The Morgan fingerprint density at radius 1 is 1.37 bits per heavy atom. The Hall–Kier alpha value is -1.33. The van der Waals surface area contributed by atoms with Crippen LogP contribution in [-0.2, 0) is 6.54 Å². The molecule has 0 amide bonds. The fraction of sp³-hybridized carbons (Fsp3) is 0.643. The normalized spacial score (nSPS) is 22.2. The van der Waals surface area contributed by atoms with Crippen molar-refractivity contribution in [2.45, 2.75) is 26.0 Å². The molecule has 0 saturated carbocycles. The minimum absolute atomic E-state index is 0.298. The number of piperazine rings is 1. The van der Waals surface area contributed by atoms with Gasteiger partial charge in [-0.25, -0.2) is 4.98 Å². The fourth-order valence-electron chi connectivity index (χ4n) is 2.47. The standard InChI is InChI=1S/C14H21N3O2/c1-14(2)10-18-12-11(3-4-16-13(12)19-14)9-17-7-5-15-6-8-17/h3-4,15H,5-10H2,1-2H3. The van der Waals surface area contributed by atoms with E-state index in [2.05, 4.69) is 15.2 Å². The van der Waals surface area contributed by atoms with Crippen molar-refractivity contribution in [2.24, 2.45) is 0 Å². The van der Waals surface area contributed by atoms with Gasteiger partial charge >= 0.3 is 0 Å². The van der Waals surface area contributed by atoms with Crippen molar-refractivity contribution < 1.29 is 9.47 Å². The van der Waals surface area contributed by atoms with Gasteiger partial charge in [0.1, 0.15) is 12.2 Å². The summed E-state index contributed by atoms with van der Waals surface area (Å²) in [6, 6.07) is 2.03. The lowest BCUT2D eigenvalue weighted by atomic mass is 10.1. The van der Waals surface area contributed by atoms with Crippen LogP contribution in [0.1, 0.15) is 19.4 Å². The maximum absolute atomic E-state index is 5.88. The Labute approximate surface area is 113 Å². The number of nitrogens with one attached hydrogen (secondary N) is 1. The highest BCUT2D eigenvalue weighted by atomic mass is 16.6. The average Bonchev–Trinajstić information content (AvgIpc) is 2.39. The zero-order valence-electron chi connectivity index (χ0n) is 11.6. The van der Waals surface area contributed by atoms with Gasteiger partial charge in [0.05, 0.1) is 0 Å². The molecule has 0 radical (unpaired) electrons. The van der Waals surface area contributed by atoms with Crippen LogP contribution in [0, 0.1) is 0 Å². The Kier molecular flexibility index (Phi) is 3.33. The van der Waals surface area contributed by atoms with Crippen LogP contribution in [0.4, 0.5) is 0 Å². The molecule has 5 heteroatoms. The zero-order chi connectivity index (χ0) is 13.3. The van der Waals surface area contributed by atoms with Crippen LogP contribution in [0.15, 0.2) is 12.3 Å². The summed E-state index contributed by atoms with van der Waals surface area (Å²) >= 11 is 0. The van der Waals surface area contributed by atoms with Crippen molar-refractivity contribution in [3.05, 3.63) is 17.8 Å². The second-order valence-corrected chi connectivity index (χ2v) is 5.78. The summed E-state index contributed by atoms with van der Waals surface area (Å²) in [5.74, 6) is 1.45. The molecule has 3 rings (SSSR count). The molecule has 0 unspecified atom stereocenters. The van der Waals surface area contributed by atoms with Crippen molar-refractivity contribution >= 4 is 0 Å². The summed E-state index contributed by atoms with van der Waals surface area (Å²) < 4.78 is 11.8. The Morgan fingerprint density at radius 3 is 2.95 bits per heavy atom. The second kappa shape index (κ2) is 4.98. The molecule has 0 aliphatic carbocycles. The Bertz CT molecular complexity index is 456. The van der Waals surface area contributed by atoms with Gasteiger partial charge in [-0.05, 0) is 19.9 Å². The molecule has 1 aromatic heterocycles. The van der Waals surface area contributed by atoms with E-state index in [9.17, 15) is 0 Å². The number of aromatic nitrogens is 1. The number of rotatable bonds is 2. The van der Waals surface area contributed by atoms with Crippen molar-refractivity contribution in [3.8, 4) is 11.6 Å². The van der Waals surface area contributed by atoms with E-state index in [1.165, 1.54) is 5.56 Å². The number of nitrogens with zero attached hydrogens (tertiary/aromatic N) is 2. The van der Waals surface area contributed by atoms with Crippen molar-refractivity contribution in [3.63, 3.8) is 0 Å². The molecule has 0 aromatic carbocycles. The average molecular weight is 263 g/mol. The van der Waals surface area contributed by atoms with Gasteiger partial charge in [0.25, 0.3) is 5.88 Å². The molecule has 1 aromatic rings. The SMILES string of the molecule is CC1(C)COc2c(CN3CCNCC3)ccnc2O1. The zero-order valence-corrected chi connectivity index (χ0v) is 11.6. The van der Waals surface area contributed by atoms with Crippen LogP contribution in [-0.4, -0.2) is 48.3 Å². The lowest BCUT2D eigenvalue weighted by Gasteiger charge is -2.33. The lowest BCUT2D eigenvalue weighted by molar-refractivity contribution is 0.0148. The van der Waals surface area contributed by atoms with Crippen LogP contribution in [0.25, 0.3) is 0 Å². The third kappa shape index (κ3) is 2.82. The molecule has 104 valence electrons. The quantitative estimate of drug-likeness (QED) is 0.864. The molecular weight excluding hydrogens is 242 g/mol. The monoisotopic (exact) mass is 263 g/mol. The maximum atomic E-state index is 5.88. The predicted molar refractivity (Wildman–Crippen MR) is 72.6 cm³/mol. The van der Waals surface area contributed by atoms with E-state index in [1.54, 1.807) is 6.20 Å². The molecular formula is C14H21N3O2. The first-order chi connectivity index (χ1) is 9.14. The summed E-state index contributed by atoms with van der Waals surface area (Å²) in [6.07, 6.45) is 1.81. The third-order valence-corrected chi connectivity index (χ3v) is 3.49. The van der Waals surface area contributed by atoms with Crippen molar-refractivity contribution in [1.29, 1.82) is 0 Å². The van der Waals surface area contributed by atoms with Gasteiger partial charge in [-0.1, -0.05) is 0 Å². The molecule has 5 nitrogen and oxygen atoms in total. The molecule has 0 spiro atoms. The van der Waals surface area contributed by atoms with Gasteiger partial charge in [-0.3, -0.25) is 4.90 Å². The van der Waals surface area contributed by atoms with E-state index in [4.69, 9.17) is 9.47 Å². The highest BCUT2D eigenvalue weighted by Crippen LogP contribution is 2.36. The molecule has 0 bridgehead atoms. The van der Waals surface area contributed by atoms with E-state index in [1.807, 2.05) is 19.9 Å². The summed E-state index contributed by atoms with van der Waals surface area (Å²) in [5.41, 5.74) is 0.871. The van der Waals surface area contributed by atoms with Gasteiger partial charge in [-0.15, -0.1) is 0 Å². The molecule has 2 aliphatic heterocycles. The topological polar surface area (TPSA) is 46.6 Å². The van der Waals surface area contributed by atoms with E-state index in [0.29, 0.717) is 12.5 Å². The van der Waals surface area contributed by atoms with Crippen LogP contribution in [0.3, 0.4) is 0 Å². The number of hydrogen-bond acceptors (Lipinski definition) is 5. The first-order valence-corrected chi connectivity index (χ1v) is 6.87. The van der Waals surface area contributed by atoms with Crippen molar-refractivity contribution in [1.82, 2.24) is 15.2 Å². The Morgan fingerprint density at radius 2 is 2.16 bits per heavy atom. The predicted octanol–water partition coefficient (Wildman–Crippen LogP) is 1.04. The summed E-state index contributed by atoms with van der Waals surface area (Å²) in [4.78, 5) is 6.72. The van der Waals surface area contributed by atoms with E-state index < -0.39 is 0 Å². The van der Waals surface area contributed by atoms with Crippen LogP contribution in [0.5, 0.6) is 11.6 Å². The molecule has 1 fully saturated rings. The molecule has 1 N–H and O–H groups in total. The summed E-state index contributed by atoms with van der Waals surface area (Å²) in [5, 5.41) is 3.36. The second-order valence-electron chi connectivity index (χ2n) is 5.78. The largest absolute Gasteiger partial charge is 0.483 e. The number of pyridine rings is 1. The molecule has 3 heterocycles. The minimum atomic E-state index is -0.298. The molecule has 0 atom stereocenters. The van der Waals surface area contributed by atoms with Gasteiger partial charge in [-0.2, -0.15) is 0 Å². The fourth-order valence-corrected chi connectivity index (χ4v) is 2.47. The van der Waals surface area contributed by atoms with Gasteiger partial charge < -0.3 is 14.8 Å². The first kappa shape index (κ1) is 12.7. The smallest absolute Gasteiger partial charge is 0.257 e. The number of fused-ring (bicyclic) bond motifs is 1. The maximum Gasteiger partial charge on any atom is 0.257 e. The van der Waals surface area contributed by atoms with Gasteiger partial charge in [0.2, 0.25) is 0 Å². The first-order valence-electron chi connectivity index (χ1n) is 6.87. The van der Waals surface area contributed by atoms with E-state index in [0.717, 1.165) is 38.5 Å². The van der Waals surface area contributed by atoms with Crippen molar-refractivity contribution in [2.75, 3.05) is 32.8 Å². The van der Waals surface area contributed by atoms with Crippen LogP contribution in [0.2, 0.25) is 0 Å². The number of hydrogen-bond donors (Lipinski definition) is 1. The molecule has 19 heavy (non-hydrogen) atoms. The molecule has 1 saturated heterocycles. The molecule has 2 aliphatic rings. The highest BCUT2D eigenvalue weighted by Gasteiger charge is 2.30. The Balaban J connectivity index is 1.79. The number of ether oxygens (including phenoxy) is 2. The van der Waals surface area contributed by atoms with Crippen LogP contribution >= 0.6 is 0 Å². The highest BCUT2D eigenvalue weighted by molar-refractivity contribution is 5.43. The summed E-state index contributed by atoms with van der Waals surface area (Å²) in [6.45, 7) is 9.75. The van der Waals surface area contributed by atoms with Gasteiger partial charge in [0.15, 0.2) is 5.75 Å². The summed E-state index contributed by atoms with van der Waals surface area (Å²) in [7, 11) is 0. The van der Waals surface area contributed by atoms with Crippen LogP contribution < -0.4 is 14.8 Å². The lowest BCUT2D eigenvalue weighted by Crippen LogP contribution is -2.43.